The van der Waals surface area contributed by atoms with Gasteiger partial charge in [0.05, 0.1) is 5.56 Å². The highest BCUT2D eigenvalue weighted by atomic mass is 16.6. The molecule has 4 heteroatoms. The van der Waals surface area contributed by atoms with E-state index in [1.165, 1.54) is 12.1 Å². The van der Waals surface area contributed by atoms with Gasteiger partial charge in [0.1, 0.15) is 0 Å². The Hall–Kier alpha value is -2.46. The number of carbonyl (C=O) groups is 2. The number of ether oxygens (including phenoxy) is 1. The molecule has 2 rings (SSSR count). The van der Waals surface area contributed by atoms with Crippen molar-refractivity contribution in [1.82, 2.24) is 0 Å². The van der Waals surface area contributed by atoms with Gasteiger partial charge in [0.25, 0.3) is 0 Å². The molecule has 0 spiro atoms. The van der Waals surface area contributed by atoms with Gasteiger partial charge >= 0.3 is 11.9 Å². The van der Waals surface area contributed by atoms with Gasteiger partial charge < -0.3 is 9.84 Å². The maximum absolute atomic E-state index is 11.6. The van der Waals surface area contributed by atoms with Gasteiger partial charge in [-0.05, 0) is 17.7 Å². The third kappa shape index (κ3) is 3.26. The molecule has 0 bridgehead atoms. The molecule has 0 aromatic heterocycles. The van der Waals surface area contributed by atoms with Crippen LogP contribution in [-0.2, 0) is 9.53 Å². The van der Waals surface area contributed by atoms with Crippen molar-refractivity contribution in [2.45, 2.75) is 6.10 Å². The highest BCUT2D eigenvalue weighted by Gasteiger charge is 2.22. The summed E-state index contributed by atoms with van der Waals surface area (Å²) >= 11 is 0. The van der Waals surface area contributed by atoms with Crippen LogP contribution in [0.15, 0.2) is 60.7 Å². The molecule has 0 aliphatic carbocycles. The second-order valence-corrected chi connectivity index (χ2v) is 3.89. The zero-order valence-corrected chi connectivity index (χ0v) is 10.0. The summed E-state index contributed by atoms with van der Waals surface area (Å²) in [5.74, 6) is -1.76. The molecule has 1 atom stereocenters. The van der Waals surface area contributed by atoms with Crippen molar-refractivity contribution < 1.29 is 19.4 Å². The van der Waals surface area contributed by atoms with E-state index in [0.717, 1.165) is 0 Å². The number of aliphatic hydroxyl groups excluding tert-OH is 1. The van der Waals surface area contributed by atoms with E-state index in [1.54, 1.807) is 48.5 Å². The molecule has 0 aliphatic rings. The Kier molecular flexibility index (Phi) is 4.05. The third-order valence-electron chi connectivity index (χ3n) is 2.54. The summed E-state index contributed by atoms with van der Waals surface area (Å²) in [6.07, 6.45) is -1.46. The zero-order chi connectivity index (χ0) is 13.7. The SMILES string of the molecule is O=C(OC(=O)[C@H](O)c1ccccc1)c1ccccc1. The number of esters is 2. The Morgan fingerprint density at radius 3 is 2.00 bits per heavy atom. The number of carbonyl (C=O) groups excluding carboxylic acids is 2. The van der Waals surface area contributed by atoms with E-state index >= 15 is 0 Å². The average Bonchev–Trinajstić information content (AvgIpc) is 2.48. The van der Waals surface area contributed by atoms with Gasteiger partial charge in [-0.1, -0.05) is 48.5 Å². The smallest absolute Gasteiger partial charge is 0.347 e. The first-order chi connectivity index (χ1) is 9.18. The molecular weight excluding hydrogens is 244 g/mol. The average molecular weight is 256 g/mol. The number of hydrogen-bond donors (Lipinski definition) is 1. The summed E-state index contributed by atoms with van der Waals surface area (Å²) in [6.45, 7) is 0. The van der Waals surface area contributed by atoms with Gasteiger partial charge in [0.15, 0.2) is 6.10 Å². The van der Waals surface area contributed by atoms with Crippen molar-refractivity contribution in [3.05, 3.63) is 71.8 Å². The van der Waals surface area contributed by atoms with Gasteiger partial charge in [0, 0.05) is 0 Å². The number of benzene rings is 2. The summed E-state index contributed by atoms with van der Waals surface area (Å²) in [4.78, 5) is 23.3. The lowest BCUT2D eigenvalue weighted by molar-refractivity contribution is -0.147. The first-order valence-electron chi connectivity index (χ1n) is 5.72. The van der Waals surface area contributed by atoms with E-state index < -0.39 is 18.0 Å². The maximum atomic E-state index is 11.6. The Morgan fingerprint density at radius 2 is 1.42 bits per heavy atom. The van der Waals surface area contributed by atoms with Crippen molar-refractivity contribution >= 4 is 11.9 Å². The fraction of sp³-hybridized carbons (Fsp3) is 0.0667. The Labute approximate surface area is 110 Å². The predicted octanol–water partition coefficient (Wildman–Crippen LogP) is 2.10. The second-order valence-electron chi connectivity index (χ2n) is 3.89. The van der Waals surface area contributed by atoms with E-state index in [2.05, 4.69) is 4.74 Å². The molecule has 0 amide bonds. The molecule has 0 saturated carbocycles. The molecule has 4 nitrogen and oxygen atoms in total. The zero-order valence-electron chi connectivity index (χ0n) is 10.0. The Morgan fingerprint density at radius 1 is 0.895 bits per heavy atom. The lowest BCUT2D eigenvalue weighted by Crippen LogP contribution is -2.19. The van der Waals surface area contributed by atoms with E-state index in [0.29, 0.717) is 5.56 Å². The minimum Gasteiger partial charge on any atom is -0.387 e. The summed E-state index contributed by atoms with van der Waals surface area (Å²) in [5.41, 5.74) is 0.643. The highest BCUT2D eigenvalue weighted by Crippen LogP contribution is 2.14. The van der Waals surface area contributed by atoms with E-state index in [4.69, 9.17) is 0 Å². The minimum atomic E-state index is -1.46. The van der Waals surface area contributed by atoms with Crippen LogP contribution in [0.25, 0.3) is 0 Å². The lowest BCUT2D eigenvalue weighted by atomic mass is 10.1. The van der Waals surface area contributed by atoms with Crippen LogP contribution < -0.4 is 0 Å². The Bertz CT molecular complexity index is 563. The van der Waals surface area contributed by atoms with Crippen LogP contribution in [0.3, 0.4) is 0 Å². The monoisotopic (exact) mass is 256 g/mol. The number of rotatable bonds is 3. The molecule has 19 heavy (non-hydrogen) atoms. The molecule has 96 valence electrons. The van der Waals surface area contributed by atoms with Crippen molar-refractivity contribution in [2.75, 3.05) is 0 Å². The number of hydrogen-bond acceptors (Lipinski definition) is 4. The topological polar surface area (TPSA) is 63.6 Å². The molecule has 0 heterocycles. The normalized spacial score (nSPS) is 11.6. The molecule has 2 aromatic carbocycles. The Balaban J connectivity index is 2.04. The van der Waals surface area contributed by atoms with Gasteiger partial charge in [-0.15, -0.1) is 0 Å². The van der Waals surface area contributed by atoms with Gasteiger partial charge in [-0.3, -0.25) is 0 Å². The fourth-order valence-electron chi connectivity index (χ4n) is 1.55. The molecule has 1 N–H and O–H groups in total. The van der Waals surface area contributed by atoms with E-state index in [1.807, 2.05) is 0 Å². The van der Waals surface area contributed by atoms with Crippen LogP contribution in [0.5, 0.6) is 0 Å². The number of aliphatic hydroxyl groups is 1. The van der Waals surface area contributed by atoms with Gasteiger partial charge in [-0.2, -0.15) is 0 Å². The van der Waals surface area contributed by atoms with Crippen molar-refractivity contribution in [3.8, 4) is 0 Å². The van der Waals surface area contributed by atoms with Crippen LogP contribution >= 0.6 is 0 Å². The molecule has 0 radical (unpaired) electrons. The van der Waals surface area contributed by atoms with Crippen LogP contribution in [-0.4, -0.2) is 17.0 Å². The van der Waals surface area contributed by atoms with E-state index in [9.17, 15) is 14.7 Å². The van der Waals surface area contributed by atoms with Crippen LogP contribution in [0.1, 0.15) is 22.0 Å². The molecule has 0 aliphatic heterocycles. The summed E-state index contributed by atoms with van der Waals surface area (Å²) in [7, 11) is 0. The first-order valence-corrected chi connectivity index (χ1v) is 5.72. The van der Waals surface area contributed by atoms with Crippen molar-refractivity contribution in [3.63, 3.8) is 0 Å². The van der Waals surface area contributed by atoms with Crippen LogP contribution in [0.4, 0.5) is 0 Å². The standard InChI is InChI=1S/C15H12O4/c16-13(11-7-3-1-4-8-11)15(18)19-14(17)12-9-5-2-6-10-12/h1-10,13,16H/t13-/m1/s1. The van der Waals surface area contributed by atoms with Crippen LogP contribution in [0, 0.1) is 0 Å². The lowest BCUT2D eigenvalue weighted by Gasteiger charge is -2.09. The summed E-state index contributed by atoms with van der Waals surface area (Å²) < 4.78 is 4.62. The summed E-state index contributed by atoms with van der Waals surface area (Å²) in [5, 5.41) is 9.76. The minimum absolute atomic E-state index is 0.260. The van der Waals surface area contributed by atoms with Crippen LogP contribution in [0.2, 0.25) is 0 Å². The molecule has 0 fully saturated rings. The molecule has 0 unspecified atom stereocenters. The summed E-state index contributed by atoms with van der Waals surface area (Å²) in [6, 6.07) is 16.4. The quantitative estimate of drug-likeness (QED) is 0.674. The molecular formula is C15H12O4. The fourth-order valence-corrected chi connectivity index (χ4v) is 1.55. The second kappa shape index (κ2) is 5.93. The van der Waals surface area contributed by atoms with Gasteiger partial charge in [-0.25, -0.2) is 9.59 Å². The highest BCUT2D eigenvalue weighted by molar-refractivity contribution is 5.97. The maximum Gasteiger partial charge on any atom is 0.347 e. The predicted molar refractivity (Wildman–Crippen MR) is 68.3 cm³/mol. The first kappa shape index (κ1) is 13.0. The largest absolute Gasteiger partial charge is 0.387 e. The van der Waals surface area contributed by atoms with E-state index in [-0.39, 0.29) is 5.56 Å². The molecule has 0 saturated heterocycles. The third-order valence-corrected chi connectivity index (χ3v) is 2.54. The van der Waals surface area contributed by atoms with Crippen molar-refractivity contribution in [1.29, 1.82) is 0 Å². The van der Waals surface area contributed by atoms with Gasteiger partial charge in [0.2, 0.25) is 0 Å². The van der Waals surface area contributed by atoms with Crippen molar-refractivity contribution in [2.24, 2.45) is 0 Å². The molecule has 2 aromatic rings.